The Morgan fingerprint density at radius 1 is 1.07 bits per heavy atom. The van der Waals surface area contributed by atoms with Crippen LogP contribution in [0.1, 0.15) is 64.7 Å². The van der Waals surface area contributed by atoms with Crippen molar-refractivity contribution >= 4 is 0 Å². The quantitative estimate of drug-likeness (QED) is 0.691. The lowest BCUT2D eigenvalue weighted by molar-refractivity contribution is -0.159. The third kappa shape index (κ3) is 3.16. The molecular weight excluding hydrogens is 384 g/mol. The van der Waals surface area contributed by atoms with Crippen molar-refractivity contribution in [1.29, 1.82) is 0 Å². The second kappa shape index (κ2) is 7.39. The number of hydrogen-bond acceptors (Lipinski definition) is 3. The minimum atomic E-state index is -2.61. The Morgan fingerprint density at radius 3 is 2.53 bits per heavy atom. The summed E-state index contributed by atoms with van der Waals surface area (Å²) in [4.78, 5) is 1.74. The molecule has 0 saturated heterocycles. The van der Waals surface area contributed by atoms with Gasteiger partial charge in [-0.25, -0.2) is 8.78 Å². The van der Waals surface area contributed by atoms with Gasteiger partial charge >= 0.3 is 0 Å². The van der Waals surface area contributed by atoms with Gasteiger partial charge in [0.1, 0.15) is 5.60 Å². The Morgan fingerprint density at radius 2 is 1.80 bits per heavy atom. The minimum absolute atomic E-state index is 0.271. The zero-order valence-electron chi connectivity index (χ0n) is 18.0. The Hall–Kier alpha value is -1.30. The summed E-state index contributed by atoms with van der Waals surface area (Å²) in [5.74, 6) is 3.40. The van der Waals surface area contributed by atoms with Gasteiger partial charge in [0.15, 0.2) is 0 Å². The number of rotatable bonds is 4. The van der Waals surface area contributed by atoms with E-state index in [0.29, 0.717) is 42.6 Å². The minimum Gasteiger partial charge on any atom is -0.384 e. The molecule has 1 aromatic heterocycles. The molecule has 1 N–H and O–H groups in total. The standard InChI is InChI=1S/C24H35F2N3O/c1-15(14-29-27-11-12-28-29)20-5-6-21-19-4-3-16-13-24(30,22(25)26)10-8-17(16)18(19)7-9-23(20,21)2/h11-12,16-22,30H,1,3-10,13-14H2,2H3/t16-,17-,18+,19+,20+,21-,23+,24+/m0/s1. The molecule has 0 radical (unpaired) electrons. The van der Waals surface area contributed by atoms with Crippen molar-refractivity contribution in [3.63, 3.8) is 0 Å². The molecule has 166 valence electrons. The Kier molecular flexibility index (Phi) is 5.07. The summed E-state index contributed by atoms with van der Waals surface area (Å²) >= 11 is 0. The Balaban J connectivity index is 1.30. The fraction of sp³-hybridized carbons (Fsp3) is 0.833. The van der Waals surface area contributed by atoms with Crippen molar-refractivity contribution < 1.29 is 13.9 Å². The fourth-order valence-corrected chi connectivity index (χ4v) is 8.40. The lowest BCUT2D eigenvalue weighted by Gasteiger charge is -2.57. The van der Waals surface area contributed by atoms with Gasteiger partial charge in [0.05, 0.1) is 18.9 Å². The second-order valence-electron chi connectivity index (χ2n) is 11.0. The van der Waals surface area contributed by atoms with Gasteiger partial charge in [-0.2, -0.15) is 15.0 Å². The van der Waals surface area contributed by atoms with Gasteiger partial charge in [-0.05, 0) is 98.7 Å². The van der Waals surface area contributed by atoms with Crippen LogP contribution in [0.3, 0.4) is 0 Å². The zero-order chi connectivity index (χ0) is 21.1. The van der Waals surface area contributed by atoms with Crippen molar-refractivity contribution in [2.24, 2.45) is 40.9 Å². The molecule has 1 heterocycles. The predicted molar refractivity (Wildman–Crippen MR) is 111 cm³/mol. The molecule has 6 heteroatoms. The van der Waals surface area contributed by atoms with Crippen LogP contribution in [0.5, 0.6) is 0 Å². The van der Waals surface area contributed by atoms with Crippen molar-refractivity contribution in [3.8, 4) is 0 Å². The summed E-state index contributed by atoms with van der Waals surface area (Å²) in [5, 5.41) is 18.9. The third-order valence-electron chi connectivity index (χ3n) is 9.76. The van der Waals surface area contributed by atoms with Crippen molar-refractivity contribution in [1.82, 2.24) is 15.0 Å². The molecule has 0 amide bonds. The Labute approximate surface area is 178 Å². The average molecular weight is 420 g/mol. The van der Waals surface area contributed by atoms with Gasteiger partial charge in [-0.15, -0.1) is 0 Å². The molecule has 4 saturated carbocycles. The van der Waals surface area contributed by atoms with E-state index in [0.717, 1.165) is 19.3 Å². The van der Waals surface area contributed by atoms with Crippen molar-refractivity contribution in [2.75, 3.05) is 0 Å². The Bertz CT molecular complexity index is 783. The van der Waals surface area contributed by atoms with Crippen LogP contribution in [-0.4, -0.2) is 32.1 Å². The van der Waals surface area contributed by atoms with E-state index in [1.807, 2.05) is 0 Å². The number of halogens is 2. The number of hydrogen-bond donors (Lipinski definition) is 1. The molecule has 5 rings (SSSR count). The van der Waals surface area contributed by atoms with Crippen LogP contribution in [0.2, 0.25) is 0 Å². The van der Waals surface area contributed by atoms with E-state index in [9.17, 15) is 13.9 Å². The first kappa shape index (κ1) is 20.6. The van der Waals surface area contributed by atoms with Crippen LogP contribution in [-0.2, 0) is 6.54 Å². The molecule has 4 nitrogen and oxygen atoms in total. The van der Waals surface area contributed by atoms with Crippen LogP contribution < -0.4 is 0 Å². The molecule has 1 aromatic rings. The predicted octanol–water partition coefficient (Wildman–Crippen LogP) is 5.10. The van der Waals surface area contributed by atoms with E-state index in [4.69, 9.17) is 0 Å². The van der Waals surface area contributed by atoms with Gasteiger partial charge in [0, 0.05) is 0 Å². The third-order valence-corrected chi connectivity index (χ3v) is 9.76. The number of aromatic nitrogens is 3. The van der Waals surface area contributed by atoms with E-state index in [1.165, 1.54) is 31.3 Å². The molecule has 4 aliphatic carbocycles. The highest BCUT2D eigenvalue weighted by atomic mass is 19.3. The molecule has 0 bridgehead atoms. The molecular formula is C24H35F2N3O. The number of allylic oxidation sites excluding steroid dienone is 1. The number of nitrogens with zero attached hydrogens (tertiary/aromatic N) is 3. The first-order chi connectivity index (χ1) is 14.3. The molecule has 30 heavy (non-hydrogen) atoms. The molecule has 4 fully saturated rings. The van der Waals surface area contributed by atoms with E-state index < -0.39 is 12.0 Å². The second-order valence-corrected chi connectivity index (χ2v) is 11.0. The summed E-state index contributed by atoms with van der Waals surface area (Å²) in [6, 6.07) is 0. The summed E-state index contributed by atoms with van der Waals surface area (Å²) < 4.78 is 26.8. The largest absolute Gasteiger partial charge is 0.384 e. The van der Waals surface area contributed by atoms with Crippen LogP contribution in [0.25, 0.3) is 0 Å². The number of fused-ring (bicyclic) bond motifs is 5. The van der Waals surface area contributed by atoms with Gasteiger partial charge in [0.2, 0.25) is 0 Å². The SMILES string of the molecule is C=C(Cn1nccn1)[C@H]1CC[C@H]2[C@@H]3CC[C@H]4C[C@@](O)(C(F)F)CC[C@@H]4[C@H]3CC[C@]12C. The maximum atomic E-state index is 13.4. The molecule has 0 spiro atoms. The summed E-state index contributed by atoms with van der Waals surface area (Å²) in [6.45, 7) is 7.63. The van der Waals surface area contributed by atoms with E-state index in [-0.39, 0.29) is 17.8 Å². The van der Waals surface area contributed by atoms with Crippen molar-refractivity contribution in [2.45, 2.75) is 83.3 Å². The van der Waals surface area contributed by atoms with Gasteiger partial charge in [0.25, 0.3) is 6.43 Å². The first-order valence-electron chi connectivity index (χ1n) is 11.8. The molecule has 0 aliphatic heterocycles. The summed E-state index contributed by atoms with van der Waals surface area (Å²) in [6.07, 6.45) is 9.19. The summed E-state index contributed by atoms with van der Waals surface area (Å²) in [5.41, 5.74) is -0.201. The average Bonchev–Trinajstić information content (AvgIpc) is 3.34. The molecule has 8 atom stereocenters. The zero-order valence-corrected chi connectivity index (χ0v) is 18.0. The maximum Gasteiger partial charge on any atom is 0.266 e. The fourth-order valence-electron chi connectivity index (χ4n) is 8.40. The van der Waals surface area contributed by atoms with Crippen LogP contribution in [0, 0.1) is 40.9 Å². The van der Waals surface area contributed by atoms with Crippen LogP contribution in [0.4, 0.5) is 8.78 Å². The van der Waals surface area contributed by atoms with Gasteiger partial charge < -0.3 is 5.11 Å². The van der Waals surface area contributed by atoms with E-state index in [2.05, 4.69) is 23.7 Å². The normalized spacial score (nSPS) is 45.6. The van der Waals surface area contributed by atoms with E-state index >= 15 is 0 Å². The van der Waals surface area contributed by atoms with Crippen LogP contribution >= 0.6 is 0 Å². The highest BCUT2D eigenvalue weighted by Gasteiger charge is 2.58. The number of alkyl halides is 2. The number of aliphatic hydroxyl groups is 1. The lowest BCUT2D eigenvalue weighted by atomic mass is 9.48. The molecule has 0 aromatic carbocycles. The first-order valence-corrected chi connectivity index (χ1v) is 11.8. The summed E-state index contributed by atoms with van der Waals surface area (Å²) in [7, 11) is 0. The van der Waals surface area contributed by atoms with Crippen LogP contribution in [0.15, 0.2) is 24.5 Å². The smallest absolute Gasteiger partial charge is 0.266 e. The lowest BCUT2D eigenvalue weighted by Crippen LogP contribution is -2.52. The van der Waals surface area contributed by atoms with Crippen molar-refractivity contribution in [3.05, 3.63) is 24.5 Å². The van der Waals surface area contributed by atoms with E-state index in [1.54, 1.807) is 17.2 Å². The molecule has 4 aliphatic rings. The van der Waals surface area contributed by atoms with Gasteiger partial charge in [-0.1, -0.05) is 19.1 Å². The monoisotopic (exact) mass is 419 g/mol. The maximum absolute atomic E-state index is 13.4. The highest BCUT2D eigenvalue weighted by Crippen LogP contribution is 2.65. The highest BCUT2D eigenvalue weighted by molar-refractivity contribution is 5.15. The molecule has 0 unspecified atom stereocenters. The topological polar surface area (TPSA) is 50.9 Å². The van der Waals surface area contributed by atoms with Gasteiger partial charge in [-0.3, -0.25) is 0 Å².